The summed E-state index contributed by atoms with van der Waals surface area (Å²) >= 11 is 0. The van der Waals surface area contributed by atoms with E-state index in [1.165, 1.54) is 16.7 Å². The molecule has 0 saturated heterocycles. The number of fused-ring (bicyclic) bond motifs is 1. The molecule has 2 unspecified atom stereocenters. The molecule has 134 valence electrons. The molecule has 2 atom stereocenters. The highest BCUT2D eigenvalue weighted by Gasteiger charge is 2.39. The summed E-state index contributed by atoms with van der Waals surface area (Å²) in [7, 11) is 1.79. The first-order valence-corrected chi connectivity index (χ1v) is 8.99. The Morgan fingerprint density at radius 1 is 1.36 bits per heavy atom. The van der Waals surface area contributed by atoms with Crippen LogP contribution in [-0.4, -0.2) is 18.8 Å². The zero-order valence-corrected chi connectivity index (χ0v) is 15.7. The Morgan fingerprint density at radius 3 is 2.84 bits per heavy atom. The van der Waals surface area contributed by atoms with Gasteiger partial charge in [0.1, 0.15) is 23.2 Å². The van der Waals surface area contributed by atoms with Crippen LogP contribution in [0.15, 0.2) is 52.7 Å². The molecule has 0 bridgehead atoms. The molecule has 1 aromatic carbocycles. The average molecular weight is 340 g/mol. The lowest BCUT2D eigenvalue weighted by atomic mass is 9.89. The Kier molecular flexibility index (Phi) is 5.33. The maximum atomic E-state index is 6.16. The minimum Gasteiger partial charge on any atom is -0.487 e. The number of ether oxygens (including phenoxy) is 2. The fourth-order valence-electron chi connectivity index (χ4n) is 3.45. The van der Waals surface area contributed by atoms with E-state index in [0.717, 1.165) is 37.2 Å². The molecule has 3 rings (SSSR count). The van der Waals surface area contributed by atoms with Crippen molar-refractivity contribution >= 4 is 0 Å². The second-order valence-corrected chi connectivity index (χ2v) is 7.29. The Hall–Kier alpha value is -2.00. The van der Waals surface area contributed by atoms with Crippen molar-refractivity contribution in [2.75, 3.05) is 7.11 Å². The van der Waals surface area contributed by atoms with E-state index in [0.29, 0.717) is 0 Å². The second kappa shape index (κ2) is 7.49. The molecule has 1 aliphatic heterocycles. The number of furan rings is 1. The lowest BCUT2D eigenvalue weighted by molar-refractivity contribution is -0.0755. The lowest BCUT2D eigenvalue weighted by Gasteiger charge is -2.33. The maximum absolute atomic E-state index is 6.16. The van der Waals surface area contributed by atoms with Crippen LogP contribution < -0.4 is 4.74 Å². The van der Waals surface area contributed by atoms with Gasteiger partial charge in [-0.15, -0.1) is 0 Å². The van der Waals surface area contributed by atoms with Gasteiger partial charge in [-0.05, 0) is 56.9 Å². The van der Waals surface area contributed by atoms with E-state index in [4.69, 9.17) is 13.9 Å². The number of allylic oxidation sites excluding steroid dienone is 2. The molecule has 0 fully saturated rings. The van der Waals surface area contributed by atoms with Crippen LogP contribution in [0.2, 0.25) is 0 Å². The average Bonchev–Trinajstić information content (AvgIpc) is 3.21. The first kappa shape index (κ1) is 17.8. The van der Waals surface area contributed by atoms with Gasteiger partial charge in [-0.3, -0.25) is 0 Å². The van der Waals surface area contributed by atoms with Crippen LogP contribution in [0.5, 0.6) is 5.75 Å². The molecular formula is C22H28O3. The minimum atomic E-state index is -0.295. The van der Waals surface area contributed by atoms with Crippen molar-refractivity contribution in [1.82, 2.24) is 0 Å². The predicted octanol–water partition coefficient (Wildman–Crippen LogP) is 5.27. The van der Waals surface area contributed by atoms with Crippen molar-refractivity contribution in [3.05, 3.63) is 65.1 Å². The van der Waals surface area contributed by atoms with E-state index in [1.54, 1.807) is 13.4 Å². The van der Waals surface area contributed by atoms with Crippen molar-refractivity contribution in [2.24, 2.45) is 0 Å². The Balaban J connectivity index is 1.57. The molecule has 25 heavy (non-hydrogen) atoms. The van der Waals surface area contributed by atoms with Gasteiger partial charge < -0.3 is 13.9 Å². The van der Waals surface area contributed by atoms with Crippen LogP contribution in [-0.2, 0) is 17.6 Å². The molecule has 2 aromatic rings. The summed E-state index contributed by atoms with van der Waals surface area (Å²) in [5, 5.41) is 0. The third-order valence-corrected chi connectivity index (χ3v) is 5.17. The smallest absolute Gasteiger partial charge is 0.131 e. The van der Waals surface area contributed by atoms with Crippen LogP contribution in [0.25, 0.3) is 0 Å². The van der Waals surface area contributed by atoms with E-state index < -0.39 is 0 Å². The predicted molar refractivity (Wildman–Crippen MR) is 100 cm³/mol. The fourth-order valence-corrected chi connectivity index (χ4v) is 3.45. The molecule has 3 heteroatoms. The third-order valence-electron chi connectivity index (χ3n) is 5.17. The highest BCUT2D eigenvalue weighted by Crippen LogP contribution is 2.36. The van der Waals surface area contributed by atoms with Crippen molar-refractivity contribution in [3.63, 3.8) is 0 Å². The highest BCUT2D eigenvalue weighted by molar-refractivity contribution is 5.38. The van der Waals surface area contributed by atoms with Gasteiger partial charge in [0.05, 0.1) is 6.26 Å². The number of aryl methyl sites for hydroxylation is 1. The number of benzene rings is 1. The monoisotopic (exact) mass is 340 g/mol. The lowest BCUT2D eigenvalue weighted by Crippen LogP contribution is -2.44. The minimum absolute atomic E-state index is 0.0660. The Morgan fingerprint density at radius 2 is 2.16 bits per heavy atom. The quantitative estimate of drug-likeness (QED) is 0.644. The zero-order valence-electron chi connectivity index (χ0n) is 15.7. The van der Waals surface area contributed by atoms with Gasteiger partial charge in [-0.2, -0.15) is 0 Å². The van der Waals surface area contributed by atoms with E-state index in [1.807, 2.05) is 12.1 Å². The molecule has 0 saturated carbocycles. The Bertz CT molecular complexity index is 718. The van der Waals surface area contributed by atoms with E-state index in [-0.39, 0.29) is 11.7 Å². The van der Waals surface area contributed by atoms with Crippen molar-refractivity contribution in [1.29, 1.82) is 0 Å². The number of hydrogen-bond donors (Lipinski definition) is 0. The largest absolute Gasteiger partial charge is 0.487 e. The number of para-hydroxylation sites is 1. The molecule has 2 heterocycles. The summed E-state index contributed by atoms with van der Waals surface area (Å²) < 4.78 is 17.6. The van der Waals surface area contributed by atoms with E-state index in [9.17, 15) is 0 Å². The summed E-state index contributed by atoms with van der Waals surface area (Å²) in [5.74, 6) is 2.02. The summed E-state index contributed by atoms with van der Waals surface area (Å²) in [5.41, 5.74) is 3.48. The van der Waals surface area contributed by atoms with Crippen molar-refractivity contribution < 1.29 is 13.9 Å². The summed E-state index contributed by atoms with van der Waals surface area (Å²) in [6.07, 6.45) is 7.83. The van der Waals surface area contributed by atoms with Crippen LogP contribution >= 0.6 is 0 Å². The summed E-state index contributed by atoms with van der Waals surface area (Å²) in [4.78, 5) is 0. The van der Waals surface area contributed by atoms with Crippen molar-refractivity contribution in [2.45, 2.75) is 58.2 Å². The van der Waals surface area contributed by atoms with Gasteiger partial charge >= 0.3 is 0 Å². The van der Waals surface area contributed by atoms with Gasteiger partial charge in [0.15, 0.2) is 0 Å². The maximum Gasteiger partial charge on any atom is 0.131 e. The van der Waals surface area contributed by atoms with Gasteiger partial charge in [-0.25, -0.2) is 0 Å². The van der Waals surface area contributed by atoms with Gasteiger partial charge in [0, 0.05) is 20.0 Å². The summed E-state index contributed by atoms with van der Waals surface area (Å²) in [6.45, 7) is 6.36. The molecule has 0 amide bonds. The van der Waals surface area contributed by atoms with Crippen LogP contribution in [0.4, 0.5) is 0 Å². The van der Waals surface area contributed by atoms with Crippen LogP contribution in [0.3, 0.4) is 0 Å². The summed E-state index contributed by atoms with van der Waals surface area (Å²) in [6, 6.07) is 10.4. The molecule has 3 nitrogen and oxygen atoms in total. The first-order chi connectivity index (χ1) is 12.0. The second-order valence-electron chi connectivity index (χ2n) is 7.29. The topological polar surface area (TPSA) is 31.6 Å². The molecule has 0 N–H and O–H groups in total. The SMILES string of the molecule is COC(C)(CCC=C(C)Cc1cc(C)co1)C1Cc2ccccc2O1. The molecular weight excluding hydrogens is 312 g/mol. The number of hydrogen-bond acceptors (Lipinski definition) is 3. The van der Waals surface area contributed by atoms with Crippen LogP contribution in [0.1, 0.15) is 43.6 Å². The number of methoxy groups -OCH3 is 1. The van der Waals surface area contributed by atoms with Gasteiger partial charge in [0.2, 0.25) is 0 Å². The first-order valence-electron chi connectivity index (χ1n) is 8.99. The van der Waals surface area contributed by atoms with E-state index >= 15 is 0 Å². The zero-order chi connectivity index (χ0) is 17.9. The van der Waals surface area contributed by atoms with Gasteiger partial charge in [-0.1, -0.05) is 29.8 Å². The number of rotatable bonds is 7. The molecule has 1 aliphatic rings. The normalized spacial score (nSPS) is 19.4. The van der Waals surface area contributed by atoms with Crippen molar-refractivity contribution in [3.8, 4) is 5.75 Å². The van der Waals surface area contributed by atoms with Crippen LogP contribution in [0, 0.1) is 6.92 Å². The molecule has 0 aliphatic carbocycles. The standard InChI is InChI=1S/C22H28O3/c1-16(12-19-13-17(2)15-24-19)8-7-11-22(3,23-4)21-14-18-9-5-6-10-20(18)25-21/h5-6,8-10,13,15,21H,7,11-12,14H2,1-4H3. The molecule has 0 radical (unpaired) electrons. The molecule has 0 spiro atoms. The van der Waals surface area contributed by atoms with E-state index in [2.05, 4.69) is 45.0 Å². The highest BCUT2D eigenvalue weighted by atomic mass is 16.5. The Labute approximate surface area is 150 Å². The van der Waals surface area contributed by atoms with Gasteiger partial charge in [0.25, 0.3) is 0 Å². The third kappa shape index (κ3) is 4.16. The molecule has 1 aromatic heterocycles. The fraction of sp³-hybridized carbons (Fsp3) is 0.455.